The average molecular weight is 453 g/mol. The molecule has 3 aromatic rings. The fraction of sp³-hybridized carbons (Fsp3) is 0.200. The minimum atomic E-state index is -3.89. The Balaban J connectivity index is 1.75. The minimum absolute atomic E-state index is 0.0252. The van der Waals surface area contributed by atoms with Gasteiger partial charge in [-0.25, -0.2) is 12.8 Å². The maximum absolute atomic E-state index is 13.3. The van der Waals surface area contributed by atoms with Gasteiger partial charge in [0, 0.05) is 25.0 Å². The Labute approximate surface area is 187 Å². The van der Waals surface area contributed by atoms with E-state index < -0.39 is 26.8 Å². The zero-order chi connectivity index (χ0) is 23.1. The predicted molar refractivity (Wildman–Crippen MR) is 123 cm³/mol. The summed E-state index contributed by atoms with van der Waals surface area (Å²) in [5.74, 6) is -0.522. The number of nitrogens with zero attached hydrogens (tertiary/aromatic N) is 1. The molecule has 0 spiro atoms. The number of benzene rings is 2. The highest BCUT2D eigenvalue weighted by Gasteiger charge is 2.29. The highest BCUT2D eigenvalue weighted by atomic mass is 32.2. The summed E-state index contributed by atoms with van der Waals surface area (Å²) in [6.07, 6.45) is 6.03. The van der Waals surface area contributed by atoms with Crippen molar-refractivity contribution in [2.24, 2.45) is 0 Å². The van der Waals surface area contributed by atoms with Crippen LogP contribution in [-0.4, -0.2) is 25.9 Å². The molecule has 0 aliphatic heterocycles. The van der Waals surface area contributed by atoms with Crippen LogP contribution < -0.4 is 5.32 Å². The van der Waals surface area contributed by atoms with Crippen LogP contribution in [0.5, 0.6) is 0 Å². The third-order valence-electron chi connectivity index (χ3n) is 5.06. The normalized spacial score (nSPS) is 12.8. The smallest absolute Gasteiger partial charge is 0.244 e. The van der Waals surface area contributed by atoms with Gasteiger partial charge in [0.2, 0.25) is 5.91 Å². The van der Waals surface area contributed by atoms with E-state index in [2.05, 4.69) is 24.1 Å². The molecular formula is C25H25FN2O3S. The lowest BCUT2D eigenvalue weighted by Crippen LogP contribution is -2.31. The van der Waals surface area contributed by atoms with E-state index in [0.717, 1.165) is 17.7 Å². The molecule has 0 bridgehead atoms. The standard InChI is InChI=1S/C25H25FN2O3S/c1-18(2)20-8-5-19(6-9-20)7-14-25(29)28-17-24(21-4-3-15-27-16-21)32(30,31)23-12-10-22(26)11-13-23/h3-16,18,24H,17H2,1-2H3,(H,28,29)/b14-7+. The van der Waals surface area contributed by atoms with Crippen LogP contribution in [0.2, 0.25) is 0 Å². The van der Waals surface area contributed by atoms with Crippen LogP contribution in [0.25, 0.3) is 6.08 Å². The van der Waals surface area contributed by atoms with E-state index in [1.807, 2.05) is 24.3 Å². The monoisotopic (exact) mass is 452 g/mol. The Morgan fingerprint density at radius 3 is 2.31 bits per heavy atom. The quantitative estimate of drug-likeness (QED) is 0.397. The molecule has 5 nitrogen and oxygen atoms in total. The average Bonchev–Trinajstić information content (AvgIpc) is 2.79. The van der Waals surface area contributed by atoms with Crippen LogP contribution in [0.4, 0.5) is 4.39 Å². The van der Waals surface area contributed by atoms with Crippen molar-refractivity contribution in [1.82, 2.24) is 10.3 Å². The second-order valence-corrected chi connectivity index (χ2v) is 9.80. The molecule has 2 aromatic carbocycles. The van der Waals surface area contributed by atoms with Crippen molar-refractivity contribution in [3.8, 4) is 0 Å². The molecule has 0 saturated carbocycles. The lowest BCUT2D eigenvalue weighted by Gasteiger charge is -2.18. The lowest BCUT2D eigenvalue weighted by molar-refractivity contribution is -0.116. The summed E-state index contributed by atoms with van der Waals surface area (Å²) in [7, 11) is -3.89. The van der Waals surface area contributed by atoms with Gasteiger partial charge in [-0.1, -0.05) is 44.2 Å². The molecule has 1 aromatic heterocycles. The first-order chi connectivity index (χ1) is 15.3. The summed E-state index contributed by atoms with van der Waals surface area (Å²) in [5.41, 5.74) is 2.51. The van der Waals surface area contributed by atoms with Gasteiger partial charge in [-0.05, 0) is 59.0 Å². The fourth-order valence-electron chi connectivity index (χ4n) is 3.18. The van der Waals surface area contributed by atoms with E-state index in [0.29, 0.717) is 11.5 Å². The highest BCUT2D eigenvalue weighted by molar-refractivity contribution is 7.91. The number of carbonyl (C=O) groups is 1. The van der Waals surface area contributed by atoms with Crippen molar-refractivity contribution in [1.29, 1.82) is 0 Å². The number of hydrogen-bond acceptors (Lipinski definition) is 4. The minimum Gasteiger partial charge on any atom is -0.351 e. The van der Waals surface area contributed by atoms with Crippen molar-refractivity contribution in [2.45, 2.75) is 29.9 Å². The molecule has 0 radical (unpaired) electrons. The van der Waals surface area contributed by atoms with Crippen molar-refractivity contribution in [3.05, 3.63) is 102 Å². The molecular weight excluding hydrogens is 427 g/mol. The molecule has 0 fully saturated rings. The molecule has 1 atom stereocenters. The van der Waals surface area contributed by atoms with Crippen molar-refractivity contribution >= 4 is 21.8 Å². The number of sulfone groups is 1. The zero-order valence-corrected chi connectivity index (χ0v) is 18.7. The summed E-state index contributed by atoms with van der Waals surface area (Å²) < 4.78 is 39.7. The Hall–Kier alpha value is -3.32. The van der Waals surface area contributed by atoms with Crippen LogP contribution >= 0.6 is 0 Å². The first-order valence-electron chi connectivity index (χ1n) is 10.2. The molecule has 7 heteroatoms. The molecule has 0 aliphatic rings. The summed E-state index contributed by atoms with van der Waals surface area (Å²) in [6.45, 7) is 4.06. The van der Waals surface area contributed by atoms with Gasteiger partial charge in [0.1, 0.15) is 11.1 Å². The van der Waals surface area contributed by atoms with E-state index >= 15 is 0 Å². The van der Waals surface area contributed by atoms with Gasteiger partial charge in [0.05, 0.1) is 4.90 Å². The van der Waals surface area contributed by atoms with Crippen LogP contribution in [0.15, 0.2) is 84.0 Å². The number of hydrogen-bond donors (Lipinski definition) is 1. The van der Waals surface area contributed by atoms with E-state index in [9.17, 15) is 17.6 Å². The molecule has 0 aliphatic carbocycles. The van der Waals surface area contributed by atoms with Crippen LogP contribution in [0.3, 0.4) is 0 Å². The zero-order valence-electron chi connectivity index (χ0n) is 17.9. The number of aromatic nitrogens is 1. The van der Waals surface area contributed by atoms with Crippen LogP contribution in [0.1, 0.15) is 41.7 Å². The van der Waals surface area contributed by atoms with Crippen molar-refractivity contribution in [3.63, 3.8) is 0 Å². The number of amides is 1. The van der Waals surface area contributed by atoms with E-state index in [1.54, 1.807) is 18.2 Å². The second kappa shape index (κ2) is 10.3. The summed E-state index contributed by atoms with van der Waals surface area (Å²) in [5, 5.41) is 1.60. The van der Waals surface area contributed by atoms with Crippen LogP contribution in [-0.2, 0) is 14.6 Å². The summed E-state index contributed by atoms with van der Waals surface area (Å²) in [6, 6.07) is 15.8. The van der Waals surface area contributed by atoms with Gasteiger partial charge in [-0.3, -0.25) is 9.78 Å². The van der Waals surface area contributed by atoms with E-state index in [-0.39, 0.29) is 11.4 Å². The molecule has 1 heterocycles. The Morgan fingerprint density at radius 2 is 1.72 bits per heavy atom. The molecule has 1 N–H and O–H groups in total. The number of nitrogens with one attached hydrogen (secondary N) is 1. The van der Waals surface area contributed by atoms with Gasteiger partial charge < -0.3 is 5.32 Å². The number of halogens is 1. The maximum atomic E-state index is 13.3. The lowest BCUT2D eigenvalue weighted by atomic mass is 10.0. The Bertz CT molecular complexity index is 1170. The number of rotatable bonds is 8. The first-order valence-corrected chi connectivity index (χ1v) is 11.8. The fourth-order valence-corrected chi connectivity index (χ4v) is 4.82. The molecule has 0 saturated heterocycles. The van der Waals surface area contributed by atoms with Crippen LogP contribution in [0, 0.1) is 5.82 Å². The molecule has 32 heavy (non-hydrogen) atoms. The van der Waals surface area contributed by atoms with Gasteiger partial charge in [0.25, 0.3) is 0 Å². The third kappa shape index (κ3) is 5.88. The SMILES string of the molecule is CC(C)c1ccc(/C=C/C(=O)NCC(c2cccnc2)S(=O)(=O)c2ccc(F)cc2)cc1. The van der Waals surface area contributed by atoms with Gasteiger partial charge in [-0.15, -0.1) is 0 Å². The number of carbonyl (C=O) groups excluding carboxylic acids is 1. The first kappa shape index (κ1) is 23.3. The number of pyridine rings is 1. The largest absolute Gasteiger partial charge is 0.351 e. The Morgan fingerprint density at radius 1 is 1.03 bits per heavy atom. The van der Waals surface area contributed by atoms with Crippen molar-refractivity contribution in [2.75, 3.05) is 6.54 Å². The predicted octanol–water partition coefficient (Wildman–Crippen LogP) is 4.69. The van der Waals surface area contributed by atoms with Crippen molar-refractivity contribution < 1.29 is 17.6 Å². The van der Waals surface area contributed by atoms with Gasteiger partial charge in [0.15, 0.2) is 9.84 Å². The van der Waals surface area contributed by atoms with E-state index in [1.165, 1.54) is 36.2 Å². The van der Waals surface area contributed by atoms with Gasteiger partial charge >= 0.3 is 0 Å². The molecule has 3 rings (SSSR count). The van der Waals surface area contributed by atoms with Gasteiger partial charge in [-0.2, -0.15) is 0 Å². The molecule has 1 unspecified atom stereocenters. The second-order valence-electron chi connectivity index (χ2n) is 7.67. The molecule has 166 valence electrons. The van der Waals surface area contributed by atoms with E-state index in [4.69, 9.17) is 0 Å². The third-order valence-corrected chi connectivity index (χ3v) is 7.18. The molecule has 1 amide bonds. The highest BCUT2D eigenvalue weighted by Crippen LogP contribution is 2.28. The topological polar surface area (TPSA) is 76.1 Å². The Kier molecular flexibility index (Phi) is 7.53. The summed E-state index contributed by atoms with van der Waals surface area (Å²) >= 11 is 0. The maximum Gasteiger partial charge on any atom is 0.244 e. The summed E-state index contributed by atoms with van der Waals surface area (Å²) in [4.78, 5) is 16.4.